The summed E-state index contributed by atoms with van der Waals surface area (Å²) in [6.07, 6.45) is 0. The quantitative estimate of drug-likeness (QED) is 0.795. The van der Waals surface area contributed by atoms with Gasteiger partial charge in [0.2, 0.25) is 0 Å². The van der Waals surface area contributed by atoms with Crippen LogP contribution >= 0.6 is 0 Å². The summed E-state index contributed by atoms with van der Waals surface area (Å²) in [5.74, 6) is 1.46. The lowest BCUT2D eigenvalue weighted by Crippen LogP contribution is -2.22. The summed E-state index contributed by atoms with van der Waals surface area (Å²) in [5.41, 5.74) is 1.76. The number of rotatable bonds is 7. The highest BCUT2D eigenvalue weighted by Crippen LogP contribution is 2.27. The molecule has 0 aliphatic carbocycles. The maximum Gasteiger partial charge on any atom is 0.176 e. The largest absolute Gasteiger partial charge is 0.493 e. The third-order valence-corrected chi connectivity index (χ3v) is 3.16. The zero-order chi connectivity index (χ0) is 15.1. The number of ether oxygens (including phenoxy) is 2. The second kappa shape index (κ2) is 7.45. The van der Waals surface area contributed by atoms with Crippen LogP contribution in [0.25, 0.3) is 0 Å². The number of carbonyl (C=O) groups excluding carboxylic acids is 1. The summed E-state index contributed by atoms with van der Waals surface area (Å²) in [6.45, 7) is 0.900. The van der Waals surface area contributed by atoms with Crippen LogP contribution in [0.4, 0.5) is 0 Å². The molecule has 0 radical (unpaired) electrons. The molecule has 21 heavy (non-hydrogen) atoms. The van der Waals surface area contributed by atoms with Gasteiger partial charge in [-0.3, -0.25) is 4.79 Å². The summed E-state index contributed by atoms with van der Waals surface area (Å²) in [4.78, 5) is 12.0. The van der Waals surface area contributed by atoms with E-state index in [2.05, 4.69) is 5.32 Å². The van der Waals surface area contributed by atoms with Gasteiger partial charge in [-0.1, -0.05) is 36.4 Å². The van der Waals surface area contributed by atoms with E-state index < -0.39 is 0 Å². The zero-order valence-corrected chi connectivity index (χ0v) is 12.3. The monoisotopic (exact) mass is 285 g/mol. The number of hydrogen-bond acceptors (Lipinski definition) is 4. The molecule has 0 aromatic heterocycles. The molecule has 4 nitrogen and oxygen atoms in total. The average molecular weight is 285 g/mol. The van der Waals surface area contributed by atoms with E-state index in [1.54, 1.807) is 14.2 Å². The molecular formula is C17H19NO3. The average Bonchev–Trinajstić information content (AvgIpc) is 2.55. The molecule has 0 fully saturated rings. The van der Waals surface area contributed by atoms with Crippen molar-refractivity contribution in [3.8, 4) is 11.5 Å². The van der Waals surface area contributed by atoms with Crippen molar-refractivity contribution in [2.45, 2.75) is 6.54 Å². The van der Waals surface area contributed by atoms with Crippen LogP contribution in [0.1, 0.15) is 15.9 Å². The molecule has 4 heteroatoms. The normalized spacial score (nSPS) is 10.2. The van der Waals surface area contributed by atoms with Gasteiger partial charge in [0.25, 0.3) is 0 Å². The van der Waals surface area contributed by atoms with Gasteiger partial charge in [-0.25, -0.2) is 0 Å². The van der Waals surface area contributed by atoms with Crippen LogP contribution in [0.5, 0.6) is 11.5 Å². The van der Waals surface area contributed by atoms with Crippen molar-refractivity contribution in [1.82, 2.24) is 5.32 Å². The van der Waals surface area contributed by atoms with Gasteiger partial charge in [0, 0.05) is 12.1 Å². The Bertz CT molecular complexity index is 596. The minimum atomic E-state index is 0.0797. The third-order valence-electron chi connectivity index (χ3n) is 3.16. The van der Waals surface area contributed by atoms with Crippen molar-refractivity contribution < 1.29 is 14.3 Å². The number of carbonyl (C=O) groups is 1. The fourth-order valence-corrected chi connectivity index (χ4v) is 2.04. The van der Waals surface area contributed by atoms with Gasteiger partial charge in [-0.05, 0) is 17.7 Å². The van der Waals surface area contributed by atoms with Gasteiger partial charge in [0.1, 0.15) is 0 Å². The van der Waals surface area contributed by atoms with E-state index in [9.17, 15) is 4.79 Å². The molecular weight excluding hydrogens is 266 g/mol. The molecule has 1 N–H and O–H groups in total. The molecule has 0 heterocycles. The SMILES string of the molecule is COc1ccc(CNCC(=O)c2ccccc2)cc1OC. The minimum absolute atomic E-state index is 0.0797. The summed E-state index contributed by atoms with van der Waals surface area (Å²) in [5, 5.41) is 3.14. The fourth-order valence-electron chi connectivity index (χ4n) is 2.04. The molecule has 0 spiro atoms. The summed E-state index contributed by atoms with van der Waals surface area (Å²) < 4.78 is 10.4. The van der Waals surface area contributed by atoms with Gasteiger partial charge >= 0.3 is 0 Å². The molecule has 0 amide bonds. The number of Topliss-reactive ketones (excluding diaryl/α,β-unsaturated/α-hetero) is 1. The van der Waals surface area contributed by atoms with Crippen LogP contribution < -0.4 is 14.8 Å². The molecule has 0 aliphatic heterocycles. The lowest BCUT2D eigenvalue weighted by atomic mass is 10.1. The van der Waals surface area contributed by atoms with E-state index in [-0.39, 0.29) is 5.78 Å². The molecule has 0 bridgehead atoms. The highest BCUT2D eigenvalue weighted by molar-refractivity contribution is 5.97. The van der Waals surface area contributed by atoms with Crippen molar-refractivity contribution >= 4 is 5.78 Å². The predicted molar refractivity (Wildman–Crippen MR) is 82.0 cm³/mol. The van der Waals surface area contributed by atoms with Gasteiger partial charge in [-0.2, -0.15) is 0 Å². The lowest BCUT2D eigenvalue weighted by molar-refractivity contribution is 0.0991. The molecule has 2 aromatic rings. The maximum absolute atomic E-state index is 12.0. The fraction of sp³-hybridized carbons (Fsp3) is 0.235. The van der Waals surface area contributed by atoms with Crippen LogP contribution in [0, 0.1) is 0 Å². The van der Waals surface area contributed by atoms with Crippen LogP contribution in [0.2, 0.25) is 0 Å². The number of ketones is 1. The predicted octanol–water partition coefficient (Wildman–Crippen LogP) is 2.68. The molecule has 2 aromatic carbocycles. The van der Waals surface area contributed by atoms with E-state index in [0.717, 1.165) is 11.1 Å². The summed E-state index contributed by atoms with van der Waals surface area (Å²) in [6, 6.07) is 15.0. The second-order valence-electron chi connectivity index (χ2n) is 4.58. The standard InChI is InChI=1S/C17H19NO3/c1-20-16-9-8-13(10-17(16)21-2)11-18-12-15(19)14-6-4-3-5-7-14/h3-10,18H,11-12H2,1-2H3. The number of methoxy groups -OCH3 is 2. The van der Waals surface area contributed by atoms with Crippen molar-refractivity contribution in [3.05, 3.63) is 59.7 Å². The first kappa shape index (κ1) is 15.1. The molecule has 110 valence electrons. The van der Waals surface area contributed by atoms with Gasteiger partial charge in [-0.15, -0.1) is 0 Å². The van der Waals surface area contributed by atoms with Crippen molar-refractivity contribution in [3.63, 3.8) is 0 Å². The zero-order valence-electron chi connectivity index (χ0n) is 12.3. The van der Waals surface area contributed by atoms with Gasteiger partial charge in [0.15, 0.2) is 17.3 Å². The van der Waals surface area contributed by atoms with E-state index in [0.29, 0.717) is 24.6 Å². The number of hydrogen-bond donors (Lipinski definition) is 1. The van der Waals surface area contributed by atoms with Crippen molar-refractivity contribution in [2.24, 2.45) is 0 Å². The van der Waals surface area contributed by atoms with Crippen LogP contribution in [-0.2, 0) is 6.54 Å². The topological polar surface area (TPSA) is 47.6 Å². The van der Waals surface area contributed by atoms with Crippen LogP contribution in [-0.4, -0.2) is 26.5 Å². The first-order valence-electron chi connectivity index (χ1n) is 6.74. The van der Waals surface area contributed by atoms with Gasteiger partial charge < -0.3 is 14.8 Å². The first-order valence-corrected chi connectivity index (χ1v) is 6.74. The highest BCUT2D eigenvalue weighted by atomic mass is 16.5. The summed E-state index contributed by atoms with van der Waals surface area (Å²) >= 11 is 0. The van der Waals surface area contributed by atoms with Crippen molar-refractivity contribution in [2.75, 3.05) is 20.8 Å². The lowest BCUT2D eigenvalue weighted by Gasteiger charge is -2.10. The Morgan fingerprint density at radius 2 is 1.71 bits per heavy atom. The van der Waals surface area contributed by atoms with E-state index in [1.165, 1.54) is 0 Å². The number of nitrogens with one attached hydrogen (secondary N) is 1. The first-order chi connectivity index (χ1) is 10.2. The highest BCUT2D eigenvalue weighted by Gasteiger charge is 2.06. The Hall–Kier alpha value is -2.33. The Morgan fingerprint density at radius 1 is 1.00 bits per heavy atom. The Kier molecular flexibility index (Phi) is 5.35. The molecule has 0 atom stereocenters. The Labute approximate surface area is 124 Å². The molecule has 0 saturated heterocycles. The molecule has 0 unspecified atom stereocenters. The molecule has 0 saturated carbocycles. The Morgan fingerprint density at radius 3 is 2.38 bits per heavy atom. The smallest absolute Gasteiger partial charge is 0.176 e. The summed E-state index contributed by atoms with van der Waals surface area (Å²) in [7, 11) is 3.21. The van der Waals surface area contributed by atoms with Crippen LogP contribution in [0.3, 0.4) is 0 Å². The van der Waals surface area contributed by atoms with Gasteiger partial charge in [0.05, 0.1) is 20.8 Å². The second-order valence-corrected chi connectivity index (χ2v) is 4.58. The maximum atomic E-state index is 12.0. The van der Waals surface area contributed by atoms with Crippen molar-refractivity contribution in [1.29, 1.82) is 0 Å². The van der Waals surface area contributed by atoms with E-state index in [1.807, 2.05) is 48.5 Å². The molecule has 0 aliphatic rings. The number of benzene rings is 2. The van der Waals surface area contributed by atoms with Crippen LogP contribution in [0.15, 0.2) is 48.5 Å². The van der Waals surface area contributed by atoms with E-state index in [4.69, 9.17) is 9.47 Å². The Balaban J connectivity index is 1.90. The minimum Gasteiger partial charge on any atom is -0.493 e. The molecule has 2 rings (SSSR count). The van der Waals surface area contributed by atoms with E-state index >= 15 is 0 Å². The third kappa shape index (κ3) is 4.07.